The molecule has 2 N–H and O–H groups in total. The van der Waals surface area contributed by atoms with E-state index in [0.717, 1.165) is 38.0 Å². The summed E-state index contributed by atoms with van der Waals surface area (Å²) in [6.45, 7) is 0.891. The molecule has 36 heavy (non-hydrogen) atoms. The second-order valence-electron chi connectivity index (χ2n) is 9.76. The number of likely N-dealkylation sites (tertiary alicyclic amines) is 1. The predicted molar refractivity (Wildman–Crippen MR) is 139 cm³/mol. The fourth-order valence-corrected chi connectivity index (χ4v) is 5.68. The Balaban J connectivity index is 1.47. The number of halogens is 3. The van der Waals surface area contributed by atoms with E-state index < -0.39 is 12.7 Å². The van der Waals surface area contributed by atoms with Crippen molar-refractivity contribution in [1.82, 2.24) is 19.8 Å². The van der Waals surface area contributed by atoms with Crippen LogP contribution in [0.25, 0.3) is 21.6 Å². The average Bonchev–Trinajstić information content (AvgIpc) is 3.48. The summed E-state index contributed by atoms with van der Waals surface area (Å²) in [5, 5.41) is 9.41. The first-order valence-electron chi connectivity index (χ1n) is 12.1. The number of piperidine rings is 1. The summed E-state index contributed by atoms with van der Waals surface area (Å²) in [6.07, 6.45) is -1.70. The first-order valence-corrected chi connectivity index (χ1v) is 13.0. The summed E-state index contributed by atoms with van der Waals surface area (Å²) < 4.78 is 42.2. The molecular formula is C25H28BF3N5OS. The third-order valence-corrected chi connectivity index (χ3v) is 7.81. The predicted octanol–water partition coefficient (Wildman–Crippen LogP) is 4.06. The molecule has 1 saturated carbocycles. The molecule has 5 rings (SSSR count). The number of alkyl halides is 3. The van der Waals surface area contributed by atoms with Crippen LogP contribution in [0.5, 0.6) is 0 Å². The molecular weight excluding hydrogens is 486 g/mol. The van der Waals surface area contributed by atoms with Gasteiger partial charge in [0.15, 0.2) is 0 Å². The zero-order chi connectivity index (χ0) is 25.4. The van der Waals surface area contributed by atoms with Gasteiger partial charge in [-0.2, -0.15) is 0 Å². The van der Waals surface area contributed by atoms with Crippen molar-refractivity contribution < 1.29 is 18.0 Å². The number of amides is 1. The van der Waals surface area contributed by atoms with E-state index in [1.165, 1.54) is 15.9 Å². The quantitative estimate of drug-likeness (QED) is 0.446. The minimum absolute atomic E-state index is 0.00776. The number of hydrogen-bond donors (Lipinski definition) is 2. The van der Waals surface area contributed by atoms with Crippen molar-refractivity contribution >= 4 is 47.3 Å². The Hall–Kier alpha value is -2.66. The molecule has 3 heterocycles. The van der Waals surface area contributed by atoms with E-state index in [0.29, 0.717) is 27.3 Å². The number of benzene rings is 1. The maximum atomic E-state index is 13.6. The minimum atomic E-state index is -4.39. The van der Waals surface area contributed by atoms with Crippen LogP contribution in [0.4, 0.5) is 18.9 Å². The van der Waals surface area contributed by atoms with Crippen LogP contribution in [0.2, 0.25) is 0 Å². The van der Waals surface area contributed by atoms with Crippen LogP contribution in [0.1, 0.15) is 25.0 Å². The fraction of sp³-hybridized carbons (Fsp3) is 0.480. The monoisotopic (exact) mass is 514 g/mol. The zero-order valence-corrected chi connectivity index (χ0v) is 20.8. The zero-order valence-electron chi connectivity index (χ0n) is 20.0. The van der Waals surface area contributed by atoms with Crippen molar-refractivity contribution in [2.45, 2.75) is 44.6 Å². The molecule has 2 aromatic heterocycles. The molecule has 1 radical (unpaired) electrons. The Morgan fingerprint density at radius 3 is 2.83 bits per heavy atom. The van der Waals surface area contributed by atoms with Gasteiger partial charge >= 0.3 is 178 Å². The van der Waals surface area contributed by atoms with Crippen LogP contribution < -0.4 is 10.6 Å². The Kier molecular flexibility index (Phi) is 6.96. The van der Waals surface area contributed by atoms with Crippen molar-refractivity contribution in [1.29, 1.82) is 0 Å². The molecule has 2 atom stereocenters. The van der Waals surface area contributed by atoms with E-state index in [4.69, 9.17) is 7.49 Å². The van der Waals surface area contributed by atoms with Gasteiger partial charge in [-0.25, -0.2) is 0 Å². The van der Waals surface area contributed by atoms with Crippen molar-refractivity contribution in [3.05, 3.63) is 35.3 Å². The molecule has 2 fully saturated rings. The van der Waals surface area contributed by atoms with Gasteiger partial charge in [-0.15, -0.1) is 0 Å². The van der Waals surface area contributed by atoms with Gasteiger partial charge in [0.05, 0.1) is 0 Å². The number of hydrogen-bond acceptors (Lipinski definition) is 5. The number of aromatic nitrogens is 2. The van der Waals surface area contributed by atoms with Crippen LogP contribution in [0.3, 0.4) is 0 Å². The van der Waals surface area contributed by atoms with Crippen LogP contribution in [0, 0.1) is 11.8 Å². The molecule has 1 amide bonds. The van der Waals surface area contributed by atoms with Crippen molar-refractivity contribution in [2.24, 2.45) is 11.8 Å². The Labute approximate surface area is 213 Å². The third-order valence-electron chi connectivity index (χ3n) is 6.90. The number of nitrogens with one attached hydrogen (secondary N) is 2. The van der Waals surface area contributed by atoms with Crippen molar-refractivity contribution in [3.63, 3.8) is 0 Å². The Morgan fingerprint density at radius 2 is 2.11 bits per heavy atom. The fourth-order valence-electron chi connectivity index (χ4n) is 4.84. The molecule has 1 aliphatic carbocycles. The van der Waals surface area contributed by atoms with E-state index in [-0.39, 0.29) is 30.3 Å². The molecule has 3 aromatic rings. The first kappa shape index (κ1) is 25.0. The number of carbonyl (C=O) groups is 1. The normalized spacial score (nSPS) is 21.0. The molecule has 11 heteroatoms. The number of fused-ring (bicyclic) bond motifs is 1. The molecule has 0 bridgehead atoms. The van der Waals surface area contributed by atoms with Crippen molar-refractivity contribution in [3.8, 4) is 10.7 Å². The maximum absolute atomic E-state index is 13.6. The number of carbonyl (C=O) groups excluding carboxylic acids is 1. The van der Waals surface area contributed by atoms with Crippen LogP contribution in [-0.4, -0.2) is 66.2 Å². The summed E-state index contributed by atoms with van der Waals surface area (Å²) in [4.78, 5) is 18.7. The SMILES string of the molecule is [B]=C[C@H]1CN(C)CC[C@H]1Nc1cccc2c1cc(-c1nc(CNC(=O)C3CC3)cs1)n2CC(F)(F)F. The van der Waals surface area contributed by atoms with Gasteiger partial charge in [0.1, 0.15) is 0 Å². The molecule has 189 valence electrons. The summed E-state index contributed by atoms with van der Waals surface area (Å²) in [5.74, 6) is 1.92. The van der Waals surface area contributed by atoms with Crippen LogP contribution in [-0.2, 0) is 17.9 Å². The van der Waals surface area contributed by atoms with E-state index in [2.05, 4.69) is 27.6 Å². The van der Waals surface area contributed by atoms with Crippen LogP contribution in [0.15, 0.2) is 29.6 Å². The van der Waals surface area contributed by atoms with Gasteiger partial charge in [0, 0.05) is 5.92 Å². The van der Waals surface area contributed by atoms with Gasteiger partial charge in [-0.1, -0.05) is 0 Å². The standard InChI is InChI=1S/C25H28BF3N5OS/c1-33-8-7-19(16(10-26)12-33)32-20-3-2-4-21-18(20)9-22(34(21)14-25(27,28)29)24-31-17(13-36-24)11-30-23(35)15-5-6-15/h2-4,9-10,13,15-16,19,32H,5-8,11-12,14H2,1H3,(H,30,35)/t16-,19+/m0/s1. The first-order chi connectivity index (χ1) is 17.2. The van der Waals surface area contributed by atoms with E-state index in [1.54, 1.807) is 29.5 Å². The molecule has 2 aliphatic rings. The number of thiazole rings is 1. The summed E-state index contributed by atoms with van der Waals surface area (Å²) >= 11 is 1.28. The summed E-state index contributed by atoms with van der Waals surface area (Å²) in [5.41, 5.74) is 2.32. The number of nitrogens with zero attached hydrogens (tertiary/aromatic N) is 3. The number of anilines is 1. The van der Waals surface area contributed by atoms with E-state index in [9.17, 15) is 18.0 Å². The summed E-state index contributed by atoms with van der Waals surface area (Å²) in [7, 11) is 7.96. The van der Waals surface area contributed by atoms with Crippen molar-refractivity contribution in [2.75, 3.05) is 25.5 Å². The topological polar surface area (TPSA) is 62.2 Å². The van der Waals surface area contributed by atoms with Gasteiger partial charge in [0.2, 0.25) is 5.91 Å². The molecule has 1 aliphatic heterocycles. The van der Waals surface area contributed by atoms with E-state index >= 15 is 0 Å². The molecule has 1 aromatic carbocycles. The van der Waals surface area contributed by atoms with Gasteiger partial charge in [-0.05, 0) is 12.8 Å². The van der Waals surface area contributed by atoms with E-state index in [1.807, 2.05) is 6.07 Å². The Bertz CT molecular complexity index is 1270. The average molecular weight is 514 g/mol. The third kappa shape index (κ3) is 5.51. The molecule has 0 spiro atoms. The second kappa shape index (κ2) is 10.0. The molecule has 1 saturated heterocycles. The number of rotatable bonds is 8. The van der Waals surface area contributed by atoms with Gasteiger partial charge in [0.25, 0.3) is 0 Å². The second-order valence-corrected chi connectivity index (χ2v) is 10.6. The summed E-state index contributed by atoms with van der Waals surface area (Å²) in [6, 6.07) is 7.26. The van der Waals surface area contributed by atoms with Crippen LogP contribution >= 0.6 is 11.3 Å². The van der Waals surface area contributed by atoms with Gasteiger partial charge < -0.3 is 5.32 Å². The molecule has 6 nitrogen and oxygen atoms in total. The Morgan fingerprint density at radius 1 is 1.31 bits per heavy atom. The molecule has 0 unspecified atom stereocenters. The van der Waals surface area contributed by atoms with Gasteiger partial charge in [-0.3, -0.25) is 4.79 Å².